The lowest BCUT2D eigenvalue weighted by atomic mass is 9.79. The van der Waals surface area contributed by atoms with Crippen LogP contribution in [0.4, 0.5) is 0 Å². The molecule has 0 saturated carbocycles. The van der Waals surface area contributed by atoms with Crippen molar-refractivity contribution in [1.82, 2.24) is 9.80 Å². The highest BCUT2D eigenvalue weighted by molar-refractivity contribution is 5.28. The molecule has 138 valence electrons. The minimum absolute atomic E-state index is 0.110. The molecule has 2 heterocycles. The fraction of sp³-hybridized carbons (Fsp3) is 0.455. The van der Waals surface area contributed by atoms with Gasteiger partial charge in [-0.3, -0.25) is 9.80 Å². The first-order valence-electron chi connectivity index (χ1n) is 9.67. The van der Waals surface area contributed by atoms with Crippen molar-refractivity contribution >= 4 is 0 Å². The van der Waals surface area contributed by atoms with Crippen molar-refractivity contribution in [3.8, 4) is 5.75 Å². The minimum atomic E-state index is -0.791. The van der Waals surface area contributed by atoms with Gasteiger partial charge in [0.2, 0.25) is 0 Å². The summed E-state index contributed by atoms with van der Waals surface area (Å²) in [6, 6.07) is 17.8. The van der Waals surface area contributed by atoms with Crippen molar-refractivity contribution < 1.29 is 10.2 Å². The molecule has 2 fully saturated rings. The maximum absolute atomic E-state index is 11.7. The SMILES string of the molecule is Oc1cccc(CN2CC[C@](O)(c3ccccc3)[C@H](N3CCCC3)C2)c1. The molecule has 2 aliphatic rings. The van der Waals surface area contributed by atoms with Crippen molar-refractivity contribution in [2.75, 3.05) is 26.2 Å². The molecule has 2 aliphatic heterocycles. The maximum atomic E-state index is 11.7. The summed E-state index contributed by atoms with van der Waals surface area (Å²) in [6.45, 7) is 4.65. The van der Waals surface area contributed by atoms with Crippen LogP contribution in [0.2, 0.25) is 0 Å². The summed E-state index contributed by atoms with van der Waals surface area (Å²) < 4.78 is 0. The Kier molecular flexibility index (Phi) is 4.98. The van der Waals surface area contributed by atoms with E-state index in [1.54, 1.807) is 6.07 Å². The second-order valence-electron chi connectivity index (χ2n) is 7.70. The normalized spacial score (nSPS) is 27.7. The molecule has 4 heteroatoms. The number of piperidine rings is 1. The number of rotatable bonds is 4. The molecule has 0 unspecified atom stereocenters. The topological polar surface area (TPSA) is 46.9 Å². The highest BCUT2D eigenvalue weighted by Crippen LogP contribution is 2.37. The van der Waals surface area contributed by atoms with Gasteiger partial charge in [-0.25, -0.2) is 0 Å². The number of benzene rings is 2. The Balaban J connectivity index is 1.57. The van der Waals surface area contributed by atoms with Gasteiger partial charge in [-0.1, -0.05) is 42.5 Å². The van der Waals surface area contributed by atoms with E-state index in [1.807, 2.05) is 30.3 Å². The monoisotopic (exact) mass is 352 g/mol. The smallest absolute Gasteiger partial charge is 0.115 e. The third kappa shape index (κ3) is 3.50. The summed E-state index contributed by atoms with van der Waals surface area (Å²) in [5.74, 6) is 0.316. The van der Waals surface area contributed by atoms with Crippen molar-refractivity contribution in [2.24, 2.45) is 0 Å². The van der Waals surface area contributed by atoms with Gasteiger partial charge < -0.3 is 10.2 Å². The number of hydrogen-bond acceptors (Lipinski definition) is 4. The van der Waals surface area contributed by atoms with Crippen LogP contribution in [0.5, 0.6) is 5.75 Å². The Morgan fingerprint density at radius 2 is 1.73 bits per heavy atom. The molecule has 2 aromatic rings. The molecule has 2 saturated heterocycles. The minimum Gasteiger partial charge on any atom is -0.508 e. The number of nitrogens with zero attached hydrogens (tertiary/aromatic N) is 2. The number of phenols is 1. The number of phenolic OH excluding ortho intramolecular Hbond substituents is 1. The van der Waals surface area contributed by atoms with Crippen LogP contribution in [0.25, 0.3) is 0 Å². The van der Waals surface area contributed by atoms with Gasteiger partial charge in [0.25, 0.3) is 0 Å². The molecule has 2 N–H and O–H groups in total. The van der Waals surface area contributed by atoms with Gasteiger partial charge in [-0.2, -0.15) is 0 Å². The Morgan fingerprint density at radius 3 is 2.46 bits per heavy atom. The average molecular weight is 352 g/mol. The zero-order valence-electron chi connectivity index (χ0n) is 15.2. The van der Waals surface area contributed by atoms with Gasteiger partial charge in [0.05, 0.1) is 6.04 Å². The Bertz CT molecular complexity index is 730. The number of hydrogen-bond donors (Lipinski definition) is 2. The fourth-order valence-corrected chi connectivity index (χ4v) is 4.57. The van der Waals surface area contributed by atoms with Crippen LogP contribution in [-0.4, -0.2) is 52.2 Å². The third-order valence-corrected chi connectivity index (χ3v) is 5.96. The Hall–Kier alpha value is -1.88. The first-order chi connectivity index (χ1) is 12.6. The van der Waals surface area contributed by atoms with E-state index in [0.29, 0.717) is 5.75 Å². The summed E-state index contributed by atoms with van der Waals surface area (Å²) >= 11 is 0. The quantitative estimate of drug-likeness (QED) is 0.888. The van der Waals surface area contributed by atoms with Gasteiger partial charge in [-0.15, -0.1) is 0 Å². The van der Waals surface area contributed by atoms with Crippen LogP contribution < -0.4 is 0 Å². The van der Waals surface area contributed by atoms with Gasteiger partial charge >= 0.3 is 0 Å². The van der Waals surface area contributed by atoms with E-state index in [4.69, 9.17) is 0 Å². The van der Waals surface area contributed by atoms with Gasteiger partial charge in [0, 0.05) is 19.6 Å². The lowest BCUT2D eigenvalue weighted by molar-refractivity contribution is -0.0959. The number of aromatic hydroxyl groups is 1. The molecule has 0 amide bonds. The maximum Gasteiger partial charge on any atom is 0.115 e. The third-order valence-electron chi connectivity index (χ3n) is 5.96. The van der Waals surface area contributed by atoms with Crippen molar-refractivity contribution in [3.05, 3.63) is 65.7 Å². The molecule has 4 rings (SSSR count). The van der Waals surface area contributed by atoms with Crippen molar-refractivity contribution in [1.29, 1.82) is 0 Å². The van der Waals surface area contributed by atoms with Crippen LogP contribution in [0.3, 0.4) is 0 Å². The number of likely N-dealkylation sites (tertiary alicyclic amines) is 2. The summed E-state index contributed by atoms with van der Waals surface area (Å²) in [7, 11) is 0. The van der Waals surface area contributed by atoms with Gasteiger partial charge in [0.1, 0.15) is 11.4 Å². The molecule has 0 bridgehead atoms. The van der Waals surface area contributed by atoms with Crippen LogP contribution in [0.1, 0.15) is 30.4 Å². The first-order valence-corrected chi connectivity index (χ1v) is 9.67. The van der Waals surface area contributed by atoms with Crippen LogP contribution in [0.15, 0.2) is 54.6 Å². The van der Waals surface area contributed by atoms with Crippen LogP contribution >= 0.6 is 0 Å². The summed E-state index contributed by atoms with van der Waals surface area (Å²) in [4.78, 5) is 4.89. The standard InChI is InChI=1S/C22H28N2O2/c25-20-10-6-7-18(15-20)16-23-14-11-22(26,19-8-2-1-3-9-19)21(17-23)24-12-4-5-13-24/h1-3,6-10,15,21,25-26H,4-5,11-14,16-17H2/t21-,22+/m1/s1. The molecule has 2 atom stereocenters. The van der Waals surface area contributed by atoms with E-state index in [-0.39, 0.29) is 6.04 Å². The lowest BCUT2D eigenvalue weighted by Crippen LogP contribution is -2.60. The van der Waals surface area contributed by atoms with E-state index >= 15 is 0 Å². The summed E-state index contributed by atoms with van der Waals surface area (Å²) in [5, 5.41) is 21.4. The van der Waals surface area contributed by atoms with Crippen LogP contribution in [-0.2, 0) is 12.1 Å². The van der Waals surface area contributed by atoms with E-state index < -0.39 is 5.60 Å². The molecule has 0 spiro atoms. The van der Waals surface area contributed by atoms with Gasteiger partial charge in [0.15, 0.2) is 0 Å². The molecule has 0 aliphatic carbocycles. The van der Waals surface area contributed by atoms with E-state index in [9.17, 15) is 10.2 Å². The lowest BCUT2D eigenvalue weighted by Gasteiger charge is -2.48. The predicted molar refractivity (Wildman–Crippen MR) is 103 cm³/mol. The zero-order valence-corrected chi connectivity index (χ0v) is 15.2. The van der Waals surface area contributed by atoms with E-state index in [2.05, 4.69) is 28.0 Å². The van der Waals surface area contributed by atoms with E-state index in [0.717, 1.165) is 50.3 Å². The summed E-state index contributed by atoms with van der Waals surface area (Å²) in [6.07, 6.45) is 3.17. The molecule has 0 aromatic heterocycles. The molecule has 26 heavy (non-hydrogen) atoms. The fourth-order valence-electron chi connectivity index (χ4n) is 4.57. The van der Waals surface area contributed by atoms with Crippen molar-refractivity contribution in [2.45, 2.75) is 37.5 Å². The average Bonchev–Trinajstić information content (AvgIpc) is 3.19. The molecule has 2 aromatic carbocycles. The Morgan fingerprint density at radius 1 is 0.962 bits per heavy atom. The molecule has 0 radical (unpaired) electrons. The highest BCUT2D eigenvalue weighted by atomic mass is 16.3. The second-order valence-corrected chi connectivity index (χ2v) is 7.70. The molecule has 4 nitrogen and oxygen atoms in total. The number of aliphatic hydroxyl groups is 1. The highest BCUT2D eigenvalue weighted by Gasteiger charge is 2.46. The van der Waals surface area contributed by atoms with Gasteiger partial charge in [-0.05, 0) is 55.6 Å². The first kappa shape index (κ1) is 17.5. The second kappa shape index (κ2) is 7.39. The summed E-state index contributed by atoms with van der Waals surface area (Å²) in [5.41, 5.74) is 1.37. The zero-order chi connectivity index (χ0) is 18.0. The molecular weight excluding hydrogens is 324 g/mol. The van der Waals surface area contributed by atoms with Crippen LogP contribution in [0, 0.1) is 0 Å². The largest absolute Gasteiger partial charge is 0.508 e. The molecular formula is C22H28N2O2. The predicted octanol–water partition coefficient (Wildman–Crippen LogP) is 2.95. The Labute approximate surface area is 155 Å². The van der Waals surface area contributed by atoms with E-state index in [1.165, 1.54) is 12.8 Å². The van der Waals surface area contributed by atoms with Crippen molar-refractivity contribution in [3.63, 3.8) is 0 Å².